The summed E-state index contributed by atoms with van der Waals surface area (Å²) in [5.74, 6) is -1.60. The van der Waals surface area contributed by atoms with Gasteiger partial charge in [0, 0.05) is 19.3 Å². The molecule has 0 aliphatic heterocycles. The second-order valence-electron chi connectivity index (χ2n) is 16.9. The predicted molar refractivity (Wildman–Crippen MR) is 288 cm³/mol. The lowest BCUT2D eigenvalue weighted by Crippen LogP contribution is -2.30. The standard InChI is InChI=1S/C58H93O11P/c1-4-7-10-13-16-19-22-25-26-27-28-31-32-35-38-41-44-47-56(60)65-51-55(69-58(62)49-46-43-40-37-34-30-24-21-18-15-12-9-6-3)53-67-70(63,64)66-52-54(50-59)68-57(61)48-45-42-39-36-33-29-23-20-17-14-11-8-5-2/h7,9-12,14,16,18-21,23,25-26,28,30-31,34-35,38,54-55,59H,4-6,8,13,15,17,22,24,27,29,32-33,36-37,39-53H2,1-3H3,(H,63,64)/b10-7-,12-9-,14-11-,19-16-,21-18-,23-20-,26-25-,31-28-,34-30-,38-35-. The van der Waals surface area contributed by atoms with Gasteiger partial charge in [-0.15, -0.1) is 0 Å². The number of aliphatic hydroxyl groups is 1. The van der Waals surface area contributed by atoms with E-state index < -0.39 is 57.8 Å². The minimum Gasteiger partial charge on any atom is -0.462 e. The van der Waals surface area contributed by atoms with Crippen molar-refractivity contribution < 1.29 is 52.2 Å². The van der Waals surface area contributed by atoms with E-state index in [1.807, 2.05) is 6.08 Å². The van der Waals surface area contributed by atoms with E-state index in [9.17, 15) is 28.9 Å². The van der Waals surface area contributed by atoms with E-state index in [0.717, 1.165) is 122 Å². The van der Waals surface area contributed by atoms with Crippen molar-refractivity contribution in [2.45, 2.75) is 200 Å². The van der Waals surface area contributed by atoms with E-state index in [-0.39, 0.29) is 25.9 Å². The Kier molecular flexibility index (Phi) is 48.2. The molecule has 11 nitrogen and oxygen atoms in total. The normalized spacial score (nSPS) is 14.4. The van der Waals surface area contributed by atoms with Crippen LogP contribution in [0.5, 0.6) is 0 Å². The number of esters is 3. The number of aliphatic hydroxyl groups excluding tert-OH is 1. The van der Waals surface area contributed by atoms with Crippen molar-refractivity contribution in [1.29, 1.82) is 0 Å². The molecule has 0 radical (unpaired) electrons. The maximum absolute atomic E-state index is 12.9. The third kappa shape index (κ3) is 48.9. The van der Waals surface area contributed by atoms with Gasteiger partial charge in [0.15, 0.2) is 6.10 Å². The first-order valence-corrected chi connectivity index (χ1v) is 27.9. The smallest absolute Gasteiger partial charge is 0.462 e. The molecule has 0 amide bonds. The van der Waals surface area contributed by atoms with Crippen LogP contribution >= 0.6 is 7.82 Å². The van der Waals surface area contributed by atoms with Gasteiger partial charge in [-0.2, -0.15) is 0 Å². The lowest BCUT2D eigenvalue weighted by molar-refractivity contribution is -0.161. The van der Waals surface area contributed by atoms with E-state index in [1.54, 1.807) is 0 Å². The minimum atomic E-state index is -4.77. The monoisotopic (exact) mass is 997 g/mol. The van der Waals surface area contributed by atoms with Crippen LogP contribution in [0.3, 0.4) is 0 Å². The van der Waals surface area contributed by atoms with Gasteiger partial charge in [-0.05, 0) is 116 Å². The molecule has 70 heavy (non-hydrogen) atoms. The van der Waals surface area contributed by atoms with E-state index in [2.05, 4.69) is 136 Å². The van der Waals surface area contributed by atoms with Gasteiger partial charge in [-0.1, -0.05) is 174 Å². The number of ether oxygens (including phenoxy) is 3. The highest BCUT2D eigenvalue weighted by Crippen LogP contribution is 2.43. The fourth-order valence-corrected chi connectivity index (χ4v) is 7.17. The van der Waals surface area contributed by atoms with Crippen LogP contribution in [-0.4, -0.2) is 66.5 Å². The number of carbonyl (C=O) groups excluding carboxylic acids is 3. The van der Waals surface area contributed by atoms with Crippen LogP contribution in [0.1, 0.15) is 188 Å². The maximum Gasteiger partial charge on any atom is 0.472 e. The maximum atomic E-state index is 12.9. The summed E-state index contributed by atoms with van der Waals surface area (Å²) in [5.41, 5.74) is 0. The Morgan fingerprint density at radius 2 is 0.757 bits per heavy atom. The Labute approximate surface area is 424 Å². The Morgan fingerprint density at radius 1 is 0.414 bits per heavy atom. The average Bonchev–Trinajstić information content (AvgIpc) is 3.35. The summed E-state index contributed by atoms with van der Waals surface area (Å²) in [7, 11) is -4.77. The molecule has 3 unspecified atom stereocenters. The van der Waals surface area contributed by atoms with Crippen molar-refractivity contribution in [1.82, 2.24) is 0 Å². The zero-order chi connectivity index (χ0) is 51.3. The van der Waals surface area contributed by atoms with Gasteiger partial charge in [0.2, 0.25) is 0 Å². The number of hydrogen-bond acceptors (Lipinski definition) is 10. The molecule has 0 aromatic carbocycles. The first kappa shape index (κ1) is 65.9. The molecule has 0 aliphatic carbocycles. The van der Waals surface area contributed by atoms with Gasteiger partial charge in [0.25, 0.3) is 0 Å². The lowest BCUT2D eigenvalue weighted by Gasteiger charge is -2.21. The van der Waals surface area contributed by atoms with Crippen LogP contribution in [0.15, 0.2) is 122 Å². The number of phosphoric ester groups is 1. The molecule has 2 N–H and O–H groups in total. The summed E-state index contributed by atoms with van der Waals surface area (Å²) in [5, 5.41) is 9.78. The van der Waals surface area contributed by atoms with Crippen molar-refractivity contribution in [3.8, 4) is 0 Å². The summed E-state index contributed by atoms with van der Waals surface area (Å²) in [4.78, 5) is 48.3. The fraction of sp³-hybridized carbons (Fsp3) is 0.603. The molecule has 0 spiro atoms. The molecule has 396 valence electrons. The number of allylic oxidation sites excluding steroid dienone is 20. The van der Waals surface area contributed by atoms with Crippen molar-refractivity contribution in [2.24, 2.45) is 0 Å². The van der Waals surface area contributed by atoms with E-state index in [0.29, 0.717) is 25.7 Å². The van der Waals surface area contributed by atoms with Crippen molar-refractivity contribution in [2.75, 3.05) is 26.4 Å². The van der Waals surface area contributed by atoms with Crippen LogP contribution in [0.25, 0.3) is 0 Å². The van der Waals surface area contributed by atoms with Crippen LogP contribution in [0.2, 0.25) is 0 Å². The average molecular weight is 997 g/mol. The highest BCUT2D eigenvalue weighted by Gasteiger charge is 2.28. The molecule has 12 heteroatoms. The number of hydrogen-bond donors (Lipinski definition) is 2. The van der Waals surface area contributed by atoms with Crippen molar-refractivity contribution >= 4 is 25.7 Å². The minimum absolute atomic E-state index is 0.112. The molecule has 3 atom stereocenters. The molecule has 0 rings (SSSR count). The zero-order valence-corrected chi connectivity index (χ0v) is 44.3. The highest BCUT2D eigenvalue weighted by atomic mass is 31.2. The summed E-state index contributed by atoms with van der Waals surface area (Å²) in [6.07, 6.45) is 61.8. The summed E-state index contributed by atoms with van der Waals surface area (Å²) in [6, 6.07) is 0. The van der Waals surface area contributed by atoms with Gasteiger partial charge >= 0.3 is 25.7 Å². The summed E-state index contributed by atoms with van der Waals surface area (Å²) < 4.78 is 39.3. The molecule has 0 fully saturated rings. The third-order valence-electron chi connectivity index (χ3n) is 10.3. The fourth-order valence-electron chi connectivity index (χ4n) is 6.38. The quantitative estimate of drug-likeness (QED) is 0.0197. The van der Waals surface area contributed by atoms with Gasteiger partial charge in [-0.3, -0.25) is 23.4 Å². The van der Waals surface area contributed by atoms with Crippen LogP contribution in [-0.2, 0) is 42.2 Å². The van der Waals surface area contributed by atoms with Crippen LogP contribution in [0.4, 0.5) is 0 Å². The van der Waals surface area contributed by atoms with E-state index in [4.69, 9.17) is 23.3 Å². The number of unbranched alkanes of at least 4 members (excludes halogenated alkanes) is 10. The SMILES string of the molecule is CC/C=C\C/C=C\C/C=C\C/C=C\C/C=C\CCCC(=O)OCC(COP(=O)(O)OCC(CO)OC(=O)CCCCCCC/C=C\C/C=C\CCC)OC(=O)CCCCC/C=C\C/C=C\C/C=C\CC. The second kappa shape index (κ2) is 51.2. The van der Waals surface area contributed by atoms with Crippen molar-refractivity contribution in [3.05, 3.63) is 122 Å². The highest BCUT2D eigenvalue weighted by molar-refractivity contribution is 7.47. The lowest BCUT2D eigenvalue weighted by atomic mass is 10.1. The van der Waals surface area contributed by atoms with Crippen LogP contribution < -0.4 is 0 Å². The first-order valence-electron chi connectivity index (χ1n) is 26.4. The molecule has 0 heterocycles. The van der Waals surface area contributed by atoms with E-state index in [1.165, 1.54) is 0 Å². The largest absolute Gasteiger partial charge is 0.472 e. The number of carbonyl (C=O) groups is 3. The molecular formula is C58H93O11P. The molecule has 0 saturated heterocycles. The molecule has 0 saturated carbocycles. The van der Waals surface area contributed by atoms with Crippen molar-refractivity contribution in [3.63, 3.8) is 0 Å². The molecule has 0 aromatic rings. The molecule has 0 bridgehead atoms. The molecule has 0 aliphatic rings. The zero-order valence-electron chi connectivity index (χ0n) is 43.4. The first-order chi connectivity index (χ1) is 34.2. The van der Waals surface area contributed by atoms with Gasteiger partial charge in [-0.25, -0.2) is 4.57 Å². The molecule has 0 aromatic heterocycles. The summed E-state index contributed by atoms with van der Waals surface area (Å²) >= 11 is 0. The Bertz CT molecular complexity index is 1630. The van der Waals surface area contributed by atoms with Gasteiger partial charge in [0.1, 0.15) is 12.7 Å². The third-order valence-corrected chi connectivity index (χ3v) is 11.3. The van der Waals surface area contributed by atoms with Gasteiger partial charge in [0.05, 0.1) is 19.8 Å². The van der Waals surface area contributed by atoms with E-state index >= 15 is 0 Å². The Morgan fingerprint density at radius 3 is 1.20 bits per heavy atom. The number of rotatable bonds is 47. The Balaban J connectivity index is 4.88. The van der Waals surface area contributed by atoms with Gasteiger partial charge < -0.3 is 24.2 Å². The topological polar surface area (TPSA) is 155 Å². The predicted octanol–water partition coefficient (Wildman–Crippen LogP) is 15.2. The number of phosphoric acid groups is 1. The summed E-state index contributed by atoms with van der Waals surface area (Å²) in [6.45, 7) is 4.20. The van der Waals surface area contributed by atoms with Crippen LogP contribution in [0, 0.1) is 0 Å². The second-order valence-corrected chi connectivity index (χ2v) is 18.4. The molecular weight excluding hydrogens is 904 g/mol. The Hall–Kier alpha value is -4.12.